The first-order valence-electron chi connectivity index (χ1n) is 6.36. The summed E-state index contributed by atoms with van der Waals surface area (Å²) in [6.07, 6.45) is -0.0851. The molecule has 8 heteroatoms. The quantitative estimate of drug-likeness (QED) is 0.798. The Kier molecular flexibility index (Phi) is 6.31. The summed E-state index contributed by atoms with van der Waals surface area (Å²) < 4.78 is 28.4. The van der Waals surface area contributed by atoms with Crippen LogP contribution in [0.25, 0.3) is 0 Å². The van der Waals surface area contributed by atoms with Crippen molar-refractivity contribution >= 4 is 37.2 Å². The highest BCUT2D eigenvalue weighted by Crippen LogP contribution is 2.30. The van der Waals surface area contributed by atoms with Gasteiger partial charge in [0, 0.05) is 21.7 Å². The largest absolute Gasteiger partial charge is 0.479 e. The summed E-state index contributed by atoms with van der Waals surface area (Å²) in [5.41, 5.74) is 0. The van der Waals surface area contributed by atoms with Crippen molar-refractivity contribution in [3.8, 4) is 5.75 Å². The van der Waals surface area contributed by atoms with Crippen LogP contribution < -0.4 is 10.1 Å². The lowest BCUT2D eigenvalue weighted by Gasteiger charge is -2.18. The standard InChI is InChI=1S/C13H17Cl2NO4S/c1-4-8(2)16-13(17)9(3)20-11-6-5-10(14)7-12(11)21(15,18)19/h5-9H,4H2,1-3H3,(H,16,17). The van der Waals surface area contributed by atoms with Crippen molar-refractivity contribution in [1.82, 2.24) is 5.32 Å². The fourth-order valence-electron chi connectivity index (χ4n) is 1.48. The second kappa shape index (κ2) is 7.33. The number of carbonyl (C=O) groups excluding carboxylic acids is 1. The molecule has 1 amide bonds. The van der Waals surface area contributed by atoms with Gasteiger partial charge in [-0.3, -0.25) is 4.79 Å². The van der Waals surface area contributed by atoms with Crippen LogP contribution in [0.5, 0.6) is 5.75 Å². The zero-order valence-corrected chi connectivity index (χ0v) is 14.2. The average Bonchev–Trinajstić information content (AvgIpc) is 2.39. The molecule has 0 heterocycles. The van der Waals surface area contributed by atoms with Gasteiger partial charge in [-0.2, -0.15) is 0 Å². The highest BCUT2D eigenvalue weighted by molar-refractivity contribution is 8.13. The predicted octanol–water partition coefficient (Wildman–Crippen LogP) is 2.95. The molecule has 0 saturated heterocycles. The van der Waals surface area contributed by atoms with Gasteiger partial charge in [-0.25, -0.2) is 8.42 Å². The SMILES string of the molecule is CCC(C)NC(=O)C(C)Oc1ccc(Cl)cc1S(=O)(=O)Cl. The number of hydrogen-bond donors (Lipinski definition) is 1. The second-order valence-electron chi connectivity index (χ2n) is 4.61. The normalized spacial score (nSPS) is 14.3. The van der Waals surface area contributed by atoms with E-state index in [4.69, 9.17) is 27.0 Å². The summed E-state index contributed by atoms with van der Waals surface area (Å²) in [4.78, 5) is 11.6. The van der Waals surface area contributed by atoms with Gasteiger partial charge in [0.25, 0.3) is 15.0 Å². The molecule has 0 spiro atoms. The first kappa shape index (κ1) is 18.1. The van der Waals surface area contributed by atoms with E-state index in [1.165, 1.54) is 25.1 Å². The highest BCUT2D eigenvalue weighted by atomic mass is 35.7. The van der Waals surface area contributed by atoms with Crippen molar-refractivity contribution in [3.05, 3.63) is 23.2 Å². The summed E-state index contributed by atoms with van der Waals surface area (Å²) in [6, 6.07) is 4.01. The number of benzene rings is 1. The molecule has 21 heavy (non-hydrogen) atoms. The third kappa shape index (κ3) is 5.37. The smallest absolute Gasteiger partial charge is 0.265 e. The van der Waals surface area contributed by atoms with Gasteiger partial charge in [-0.1, -0.05) is 18.5 Å². The van der Waals surface area contributed by atoms with Crippen LogP contribution in [-0.4, -0.2) is 26.5 Å². The minimum absolute atomic E-state index is 0.00463. The van der Waals surface area contributed by atoms with E-state index < -0.39 is 15.2 Å². The molecule has 0 aliphatic carbocycles. The van der Waals surface area contributed by atoms with Crippen LogP contribution in [0.3, 0.4) is 0 Å². The summed E-state index contributed by atoms with van der Waals surface area (Å²) in [5.74, 6) is -0.349. The molecular formula is C13H17Cl2NO4S. The van der Waals surface area contributed by atoms with Crippen molar-refractivity contribution in [2.45, 2.75) is 44.2 Å². The van der Waals surface area contributed by atoms with Crippen LogP contribution in [-0.2, 0) is 13.8 Å². The summed E-state index contributed by atoms with van der Waals surface area (Å²) >= 11 is 5.75. The molecule has 0 aromatic heterocycles. The van der Waals surface area contributed by atoms with Gasteiger partial charge < -0.3 is 10.1 Å². The van der Waals surface area contributed by atoms with Gasteiger partial charge in [0.1, 0.15) is 10.6 Å². The molecule has 0 fully saturated rings. The highest BCUT2D eigenvalue weighted by Gasteiger charge is 2.22. The van der Waals surface area contributed by atoms with E-state index in [0.717, 1.165) is 6.42 Å². The lowest BCUT2D eigenvalue weighted by atomic mass is 10.2. The van der Waals surface area contributed by atoms with Crippen LogP contribution in [0.2, 0.25) is 5.02 Å². The van der Waals surface area contributed by atoms with Gasteiger partial charge in [-0.05, 0) is 38.5 Å². The van der Waals surface area contributed by atoms with Crippen molar-refractivity contribution in [2.75, 3.05) is 0 Å². The summed E-state index contributed by atoms with van der Waals surface area (Å²) in [7, 11) is 1.31. The Labute approximate surface area is 134 Å². The van der Waals surface area contributed by atoms with Crippen LogP contribution in [0.1, 0.15) is 27.2 Å². The Morgan fingerprint density at radius 2 is 2.00 bits per heavy atom. The monoisotopic (exact) mass is 353 g/mol. The maximum absolute atomic E-state index is 11.9. The van der Waals surface area contributed by atoms with E-state index in [-0.39, 0.29) is 27.6 Å². The number of amides is 1. The third-order valence-corrected chi connectivity index (χ3v) is 4.42. The molecule has 2 atom stereocenters. The summed E-state index contributed by atoms with van der Waals surface area (Å²) in [5, 5.41) is 2.95. The first-order chi connectivity index (χ1) is 9.65. The van der Waals surface area contributed by atoms with E-state index in [2.05, 4.69) is 5.32 Å². The van der Waals surface area contributed by atoms with Crippen molar-refractivity contribution < 1.29 is 17.9 Å². The Balaban J connectivity index is 2.95. The summed E-state index contributed by atoms with van der Waals surface area (Å²) in [6.45, 7) is 5.33. The average molecular weight is 354 g/mol. The van der Waals surface area contributed by atoms with E-state index in [9.17, 15) is 13.2 Å². The molecule has 118 valence electrons. The Hall–Kier alpha value is -0.980. The minimum Gasteiger partial charge on any atom is -0.479 e. The molecular weight excluding hydrogens is 337 g/mol. The first-order valence-corrected chi connectivity index (χ1v) is 9.05. The lowest BCUT2D eigenvalue weighted by Crippen LogP contribution is -2.41. The van der Waals surface area contributed by atoms with Gasteiger partial charge >= 0.3 is 0 Å². The number of halogens is 2. The number of nitrogens with one attached hydrogen (secondary N) is 1. The topological polar surface area (TPSA) is 72.5 Å². The molecule has 1 aromatic rings. The fraction of sp³-hybridized carbons (Fsp3) is 0.462. The molecule has 0 radical (unpaired) electrons. The minimum atomic E-state index is -4.02. The molecule has 1 aromatic carbocycles. The third-order valence-electron chi connectivity index (χ3n) is 2.84. The van der Waals surface area contributed by atoms with E-state index in [0.29, 0.717) is 0 Å². The van der Waals surface area contributed by atoms with Crippen molar-refractivity contribution in [3.63, 3.8) is 0 Å². The molecule has 0 bridgehead atoms. The Bertz CT molecular complexity index is 619. The van der Waals surface area contributed by atoms with E-state index in [1.807, 2.05) is 13.8 Å². The van der Waals surface area contributed by atoms with Crippen molar-refractivity contribution in [1.29, 1.82) is 0 Å². The second-order valence-corrected chi connectivity index (χ2v) is 7.58. The fourth-order valence-corrected chi connectivity index (χ4v) is 2.70. The Morgan fingerprint density at radius 1 is 1.38 bits per heavy atom. The van der Waals surface area contributed by atoms with E-state index in [1.54, 1.807) is 0 Å². The maximum atomic E-state index is 11.9. The zero-order chi connectivity index (χ0) is 16.2. The number of rotatable bonds is 6. The molecule has 2 unspecified atom stereocenters. The molecule has 1 rings (SSSR count). The van der Waals surface area contributed by atoms with E-state index >= 15 is 0 Å². The van der Waals surface area contributed by atoms with Gasteiger partial charge in [0.2, 0.25) is 0 Å². The molecule has 1 N–H and O–H groups in total. The van der Waals surface area contributed by atoms with Crippen LogP contribution >= 0.6 is 22.3 Å². The van der Waals surface area contributed by atoms with Crippen LogP contribution in [0, 0.1) is 0 Å². The number of carbonyl (C=O) groups is 1. The molecule has 0 aliphatic heterocycles. The predicted molar refractivity (Wildman–Crippen MR) is 82.5 cm³/mol. The maximum Gasteiger partial charge on any atom is 0.265 e. The lowest BCUT2D eigenvalue weighted by molar-refractivity contribution is -0.128. The van der Waals surface area contributed by atoms with Gasteiger partial charge in [0.05, 0.1) is 0 Å². The zero-order valence-electron chi connectivity index (χ0n) is 11.9. The Morgan fingerprint density at radius 3 is 2.52 bits per heavy atom. The molecule has 0 saturated carbocycles. The molecule has 5 nitrogen and oxygen atoms in total. The molecule has 0 aliphatic rings. The number of ether oxygens (including phenoxy) is 1. The number of hydrogen-bond acceptors (Lipinski definition) is 4. The van der Waals surface area contributed by atoms with Crippen molar-refractivity contribution in [2.24, 2.45) is 0 Å². The van der Waals surface area contributed by atoms with Gasteiger partial charge in [-0.15, -0.1) is 0 Å². The van der Waals surface area contributed by atoms with Crippen LogP contribution in [0.4, 0.5) is 0 Å². The van der Waals surface area contributed by atoms with Gasteiger partial charge in [0.15, 0.2) is 6.10 Å². The van der Waals surface area contributed by atoms with Crippen LogP contribution in [0.15, 0.2) is 23.1 Å².